The van der Waals surface area contributed by atoms with Gasteiger partial charge >= 0.3 is 0 Å². The Morgan fingerprint density at radius 1 is 0.941 bits per heavy atom. The fraction of sp³-hybridized carbons (Fsp3) is 0.538. The van der Waals surface area contributed by atoms with Crippen LogP contribution in [0.3, 0.4) is 0 Å². The number of anilines is 1. The number of ether oxygens (including phenoxy) is 3. The Morgan fingerprint density at radius 3 is 2.06 bits per heavy atom. The summed E-state index contributed by atoms with van der Waals surface area (Å²) in [4.78, 5) is 2.20. The zero-order valence-corrected chi connectivity index (χ0v) is 10.8. The molecular weight excluding hydrogens is 218 g/mol. The molecule has 0 heterocycles. The lowest BCUT2D eigenvalue weighted by Crippen LogP contribution is -2.30. The van der Waals surface area contributed by atoms with Crippen molar-refractivity contribution >= 4 is 5.69 Å². The summed E-state index contributed by atoms with van der Waals surface area (Å²) in [6.45, 7) is 3.00. The molecule has 4 heteroatoms. The van der Waals surface area contributed by atoms with Crippen LogP contribution in [0.5, 0.6) is 5.75 Å². The van der Waals surface area contributed by atoms with E-state index in [2.05, 4.69) is 4.90 Å². The molecule has 0 saturated heterocycles. The van der Waals surface area contributed by atoms with Crippen molar-refractivity contribution < 1.29 is 14.2 Å². The van der Waals surface area contributed by atoms with Crippen molar-refractivity contribution in [1.29, 1.82) is 0 Å². The second-order valence-corrected chi connectivity index (χ2v) is 3.64. The van der Waals surface area contributed by atoms with Gasteiger partial charge in [-0.3, -0.25) is 0 Å². The Morgan fingerprint density at radius 2 is 1.53 bits per heavy atom. The minimum Gasteiger partial charge on any atom is -0.495 e. The number of hydrogen-bond acceptors (Lipinski definition) is 4. The van der Waals surface area contributed by atoms with E-state index in [0.717, 1.165) is 24.5 Å². The van der Waals surface area contributed by atoms with Crippen molar-refractivity contribution in [3.8, 4) is 5.75 Å². The van der Waals surface area contributed by atoms with E-state index in [1.54, 1.807) is 21.3 Å². The summed E-state index contributed by atoms with van der Waals surface area (Å²) in [5.74, 6) is 0.875. The van der Waals surface area contributed by atoms with Gasteiger partial charge in [0.25, 0.3) is 0 Å². The van der Waals surface area contributed by atoms with Gasteiger partial charge in [0.1, 0.15) is 5.75 Å². The van der Waals surface area contributed by atoms with E-state index in [9.17, 15) is 0 Å². The van der Waals surface area contributed by atoms with E-state index < -0.39 is 0 Å². The number of benzene rings is 1. The van der Waals surface area contributed by atoms with E-state index in [1.807, 2.05) is 24.3 Å². The van der Waals surface area contributed by atoms with Crippen molar-refractivity contribution in [2.45, 2.75) is 0 Å². The van der Waals surface area contributed by atoms with Crippen LogP contribution in [-0.2, 0) is 9.47 Å². The van der Waals surface area contributed by atoms with Crippen molar-refractivity contribution in [2.75, 3.05) is 52.5 Å². The lowest BCUT2D eigenvalue weighted by Gasteiger charge is -2.25. The molecule has 0 saturated carbocycles. The number of rotatable bonds is 8. The number of nitrogens with zero attached hydrogens (tertiary/aromatic N) is 1. The van der Waals surface area contributed by atoms with Crippen molar-refractivity contribution in [2.24, 2.45) is 0 Å². The highest BCUT2D eigenvalue weighted by atomic mass is 16.5. The molecule has 0 N–H and O–H groups in total. The van der Waals surface area contributed by atoms with E-state index >= 15 is 0 Å². The predicted molar refractivity (Wildman–Crippen MR) is 69.0 cm³/mol. The van der Waals surface area contributed by atoms with Crippen LogP contribution >= 0.6 is 0 Å². The van der Waals surface area contributed by atoms with Gasteiger partial charge in [0.2, 0.25) is 0 Å². The van der Waals surface area contributed by atoms with E-state index in [1.165, 1.54) is 0 Å². The maximum Gasteiger partial charge on any atom is 0.142 e. The van der Waals surface area contributed by atoms with Crippen molar-refractivity contribution in [3.63, 3.8) is 0 Å². The average Bonchev–Trinajstić information content (AvgIpc) is 2.39. The third-order valence-electron chi connectivity index (χ3n) is 2.56. The molecule has 4 nitrogen and oxygen atoms in total. The molecule has 0 amide bonds. The van der Waals surface area contributed by atoms with Crippen LogP contribution in [0.4, 0.5) is 5.69 Å². The minimum absolute atomic E-state index is 0.682. The minimum atomic E-state index is 0.682. The third-order valence-corrected chi connectivity index (χ3v) is 2.56. The van der Waals surface area contributed by atoms with Gasteiger partial charge < -0.3 is 19.1 Å². The van der Waals surface area contributed by atoms with Crippen LogP contribution in [0.25, 0.3) is 0 Å². The molecule has 1 aromatic carbocycles. The van der Waals surface area contributed by atoms with Crippen molar-refractivity contribution in [3.05, 3.63) is 24.3 Å². The lowest BCUT2D eigenvalue weighted by atomic mass is 10.2. The number of para-hydroxylation sites is 2. The largest absolute Gasteiger partial charge is 0.495 e. The third kappa shape index (κ3) is 4.24. The maximum atomic E-state index is 5.36. The van der Waals surface area contributed by atoms with Crippen LogP contribution in [0.15, 0.2) is 24.3 Å². The second-order valence-electron chi connectivity index (χ2n) is 3.64. The molecule has 0 atom stereocenters. The first-order chi connectivity index (χ1) is 8.33. The van der Waals surface area contributed by atoms with Gasteiger partial charge in [-0.2, -0.15) is 0 Å². The van der Waals surface area contributed by atoms with E-state index in [4.69, 9.17) is 14.2 Å². The average molecular weight is 239 g/mol. The monoisotopic (exact) mass is 239 g/mol. The Balaban J connectivity index is 2.78. The summed E-state index contributed by atoms with van der Waals surface area (Å²) >= 11 is 0. The fourth-order valence-corrected chi connectivity index (χ4v) is 1.65. The predicted octanol–water partition coefficient (Wildman–Crippen LogP) is 1.79. The Bertz CT molecular complexity index is 309. The van der Waals surface area contributed by atoms with Crippen LogP contribution in [0, 0.1) is 0 Å². The first kappa shape index (κ1) is 13.8. The quantitative estimate of drug-likeness (QED) is 0.692. The van der Waals surface area contributed by atoms with E-state index in [0.29, 0.717) is 13.2 Å². The molecule has 1 rings (SSSR count). The smallest absolute Gasteiger partial charge is 0.142 e. The summed E-state index contributed by atoms with van der Waals surface area (Å²) in [6.07, 6.45) is 0. The summed E-state index contributed by atoms with van der Waals surface area (Å²) in [7, 11) is 5.09. The molecule has 0 bridgehead atoms. The molecule has 0 aliphatic carbocycles. The number of methoxy groups -OCH3 is 3. The topological polar surface area (TPSA) is 30.9 Å². The highest BCUT2D eigenvalue weighted by molar-refractivity contribution is 5.58. The van der Waals surface area contributed by atoms with Crippen LogP contribution in [0.2, 0.25) is 0 Å². The van der Waals surface area contributed by atoms with Gasteiger partial charge in [-0.15, -0.1) is 0 Å². The summed E-state index contributed by atoms with van der Waals surface area (Å²) in [5.41, 5.74) is 1.07. The summed E-state index contributed by atoms with van der Waals surface area (Å²) in [5, 5.41) is 0. The molecule has 0 fully saturated rings. The van der Waals surface area contributed by atoms with E-state index in [-0.39, 0.29) is 0 Å². The first-order valence-electron chi connectivity index (χ1n) is 5.69. The molecular formula is C13H21NO3. The van der Waals surface area contributed by atoms with Gasteiger partial charge in [-0.1, -0.05) is 12.1 Å². The zero-order chi connectivity index (χ0) is 12.5. The molecule has 96 valence electrons. The van der Waals surface area contributed by atoms with Gasteiger partial charge in [0.15, 0.2) is 0 Å². The summed E-state index contributed by atoms with van der Waals surface area (Å²) < 4.78 is 15.6. The van der Waals surface area contributed by atoms with Crippen LogP contribution in [-0.4, -0.2) is 47.6 Å². The van der Waals surface area contributed by atoms with Crippen LogP contribution in [0.1, 0.15) is 0 Å². The van der Waals surface area contributed by atoms with Gasteiger partial charge in [-0.25, -0.2) is 0 Å². The van der Waals surface area contributed by atoms with Crippen molar-refractivity contribution in [1.82, 2.24) is 0 Å². The highest BCUT2D eigenvalue weighted by Crippen LogP contribution is 2.27. The van der Waals surface area contributed by atoms with Gasteiger partial charge in [0.05, 0.1) is 26.0 Å². The normalized spacial score (nSPS) is 10.3. The molecule has 0 spiro atoms. The molecule has 0 aromatic heterocycles. The highest BCUT2D eigenvalue weighted by Gasteiger charge is 2.10. The maximum absolute atomic E-state index is 5.36. The second kappa shape index (κ2) is 7.92. The first-order valence-corrected chi connectivity index (χ1v) is 5.69. The molecule has 0 aliphatic heterocycles. The molecule has 0 unspecified atom stereocenters. The Labute approximate surface area is 103 Å². The lowest BCUT2D eigenvalue weighted by molar-refractivity contribution is 0.190. The molecule has 0 aliphatic rings. The summed E-state index contributed by atoms with van der Waals surface area (Å²) in [6, 6.07) is 7.98. The van der Waals surface area contributed by atoms with Gasteiger partial charge in [0, 0.05) is 27.3 Å². The molecule has 1 aromatic rings. The molecule has 0 radical (unpaired) electrons. The SMILES string of the molecule is COCCN(CCOC)c1ccccc1OC. The van der Waals surface area contributed by atoms with Gasteiger partial charge in [-0.05, 0) is 12.1 Å². The Kier molecular flexibility index (Phi) is 6.43. The Hall–Kier alpha value is -1.26. The van der Waals surface area contributed by atoms with Crippen LogP contribution < -0.4 is 9.64 Å². The number of hydrogen-bond donors (Lipinski definition) is 0. The fourth-order valence-electron chi connectivity index (χ4n) is 1.65. The zero-order valence-electron chi connectivity index (χ0n) is 10.8. The molecule has 17 heavy (non-hydrogen) atoms. The standard InChI is InChI=1S/C13H21NO3/c1-15-10-8-14(9-11-16-2)12-6-4-5-7-13(12)17-3/h4-7H,8-11H2,1-3H3.